The first-order chi connectivity index (χ1) is 15.4. The van der Waals surface area contributed by atoms with Gasteiger partial charge in [-0.1, -0.05) is 0 Å². The molecule has 0 aliphatic rings. The molecule has 0 radical (unpaired) electrons. The molecule has 1 heterocycles. The van der Waals surface area contributed by atoms with Crippen LogP contribution in [0.15, 0.2) is 21.9 Å². The van der Waals surface area contributed by atoms with E-state index in [0.29, 0.717) is 25.3 Å². The Morgan fingerprint density at radius 3 is 2.42 bits per heavy atom. The van der Waals surface area contributed by atoms with Crippen molar-refractivity contribution < 1.29 is 27.0 Å². The minimum absolute atomic E-state index is 0.0255. The Kier molecular flexibility index (Phi) is 9.20. The molecule has 15 nitrogen and oxygen atoms in total. The van der Waals surface area contributed by atoms with Crippen molar-refractivity contribution in [2.24, 2.45) is 10.9 Å². The van der Waals surface area contributed by atoms with Crippen molar-refractivity contribution in [3.63, 3.8) is 0 Å². The van der Waals surface area contributed by atoms with Crippen molar-refractivity contribution in [3.8, 4) is 11.4 Å². The fraction of sp³-hybridized carbons (Fsp3) is 0.562. The molecule has 0 unspecified atom stereocenters. The van der Waals surface area contributed by atoms with Crippen LogP contribution in [0, 0.1) is 0 Å². The van der Waals surface area contributed by atoms with Gasteiger partial charge in [-0.15, -0.1) is 10.2 Å². The number of hydrogen-bond donors (Lipinski definition) is 6. The third-order valence-electron chi connectivity index (χ3n) is 4.73. The van der Waals surface area contributed by atoms with E-state index in [4.69, 9.17) is 16.0 Å². The molecular formula is C16H29N9O6S2. The highest BCUT2D eigenvalue weighted by molar-refractivity contribution is 7.92. The van der Waals surface area contributed by atoms with Crippen molar-refractivity contribution in [1.29, 1.82) is 0 Å². The second-order valence-corrected chi connectivity index (χ2v) is 10.5. The Morgan fingerprint density at radius 2 is 1.88 bits per heavy atom. The third kappa shape index (κ3) is 6.87. The van der Waals surface area contributed by atoms with Crippen molar-refractivity contribution in [3.05, 3.63) is 12.1 Å². The predicted octanol–water partition coefficient (Wildman–Crippen LogP) is -3.53. The zero-order chi connectivity index (χ0) is 24.8. The Bertz CT molecular complexity index is 1130. The first kappa shape index (κ1) is 27.0. The summed E-state index contributed by atoms with van der Waals surface area (Å²) in [5.41, 5.74) is 5.44. The van der Waals surface area contributed by atoms with Crippen LogP contribution in [0.1, 0.15) is 0 Å². The smallest absolute Gasteiger partial charge is 0.242 e. The molecule has 0 amide bonds. The number of nitrogens with two attached hydrogens (primary N) is 2. The highest BCUT2D eigenvalue weighted by atomic mass is 32.2. The van der Waals surface area contributed by atoms with E-state index in [9.17, 15) is 21.9 Å². The number of primary sulfonamides is 1. The normalized spacial score (nSPS) is 13.4. The summed E-state index contributed by atoms with van der Waals surface area (Å²) >= 11 is 0. The van der Waals surface area contributed by atoms with Crippen molar-refractivity contribution in [2.45, 2.75) is 15.9 Å². The average molecular weight is 508 g/mol. The van der Waals surface area contributed by atoms with Crippen molar-refractivity contribution in [1.82, 2.24) is 30.2 Å². The van der Waals surface area contributed by atoms with E-state index < -0.39 is 42.5 Å². The highest BCUT2D eigenvalue weighted by Gasteiger charge is 2.32. The quantitative estimate of drug-likeness (QED) is 0.155. The summed E-state index contributed by atoms with van der Waals surface area (Å²) in [6.07, 6.45) is -1.17. The van der Waals surface area contributed by atoms with Gasteiger partial charge in [0.1, 0.15) is 9.79 Å². The molecule has 0 bridgehead atoms. The van der Waals surface area contributed by atoms with E-state index in [0.717, 1.165) is 6.07 Å². The van der Waals surface area contributed by atoms with E-state index in [1.165, 1.54) is 6.07 Å². The molecule has 2 aromatic rings. The number of rotatable bonds is 13. The molecule has 1 aromatic heterocycles. The maximum Gasteiger partial charge on any atom is 0.242 e. The fourth-order valence-electron chi connectivity index (χ4n) is 2.94. The van der Waals surface area contributed by atoms with Gasteiger partial charge < -0.3 is 25.7 Å². The topological polar surface area (TPSA) is 234 Å². The number of aliphatic hydroxyl groups is 2. The summed E-state index contributed by atoms with van der Waals surface area (Å²) in [6, 6.07) is 2.50. The molecule has 186 valence electrons. The monoisotopic (exact) mass is 507 g/mol. The van der Waals surface area contributed by atoms with Gasteiger partial charge in [-0.25, -0.2) is 26.7 Å². The summed E-state index contributed by atoms with van der Waals surface area (Å²) in [5, 5.41) is 37.4. The van der Waals surface area contributed by atoms with E-state index in [1.807, 2.05) is 4.90 Å². The van der Waals surface area contributed by atoms with E-state index >= 15 is 0 Å². The van der Waals surface area contributed by atoms with Crippen LogP contribution in [0.25, 0.3) is 11.4 Å². The number of likely N-dealkylation sites (N-methyl/N-ethyl adjacent to an activating group) is 2. The lowest BCUT2D eigenvalue weighted by molar-refractivity contribution is 0.186. The molecule has 0 saturated carbocycles. The Balaban J connectivity index is 2.65. The third-order valence-corrected chi connectivity index (χ3v) is 7.32. The van der Waals surface area contributed by atoms with Crippen molar-refractivity contribution >= 4 is 25.7 Å². The van der Waals surface area contributed by atoms with Crippen molar-refractivity contribution in [2.75, 3.05) is 58.3 Å². The van der Waals surface area contributed by atoms with Gasteiger partial charge in [-0.3, -0.25) is 0 Å². The van der Waals surface area contributed by atoms with E-state index in [-0.39, 0.29) is 24.5 Å². The van der Waals surface area contributed by atoms with Gasteiger partial charge >= 0.3 is 0 Å². The van der Waals surface area contributed by atoms with Crippen LogP contribution in [0.4, 0.5) is 5.69 Å². The molecule has 17 heteroatoms. The minimum atomic E-state index is -4.61. The van der Waals surface area contributed by atoms with Gasteiger partial charge in [0.05, 0.1) is 18.3 Å². The molecule has 0 saturated heterocycles. The Morgan fingerprint density at radius 1 is 1.18 bits per heavy atom. The molecule has 1 aromatic carbocycles. The standard InChI is InChI=1S/C16H29N9O6S2/c1-24(7-8-26)5-6-25(2)12-3-4-13(33(30,31)19-10-11(27)9-17)15(32(18,28)29)14(12)16-20-22-23-21-16/h3-4,11,19,26-27H,5-10,17H2,1-2H3,(H2,18,28,29)(H,20,21,22,23)/t11-/m1/s1. The van der Waals surface area contributed by atoms with Crippen LogP contribution in [0.5, 0.6) is 0 Å². The molecule has 8 N–H and O–H groups in total. The maximum absolute atomic E-state index is 12.9. The second-order valence-electron chi connectivity index (χ2n) is 7.26. The number of nitrogens with zero attached hydrogens (tertiary/aromatic N) is 5. The van der Waals surface area contributed by atoms with Gasteiger partial charge in [0, 0.05) is 45.5 Å². The average Bonchev–Trinajstić information content (AvgIpc) is 3.29. The minimum Gasteiger partial charge on any atom is -0.395 e. The highest BCUT2D eigenvalue weighted by Crippen LogP contribution is 2.37. The summed E-state index contributed by atoms with van der Waals surface area (Å²) in [6.45, 7) is 0.671. The largest absolute Gasteiger partial charge is 0.395 e. The molecular weight excluding hydrogens is 478 g/mol. The van der Waals surface area contributed by atoms with Crippen LogP contribution >= 0.6 is 0 Å². The van der Waals surface area contributed by atoms with Crippen LogP contribution in [0.3, 0.4) is 0 Å². The molecule has 33 heavy (non-hydrogen) atoms. The second kappa shape index (κ2) is 11.3. The summed E-state index contributed by atoms with van der Waals surface area (Å²) in [7, 11) is -5.57. The predicted molar refractivity (Wildman–Crippen MR) is 119 cm³/mol. The number of nitrogens with one attached hydrogen (secondary N) is 2. The maximum atomic E-state index is 12.9. The number of hydrogen-bond acceptors (Lipinski definition) is 12. The van der Waals surface area contributed by atoms with E-state index in [2.05, 4.69) is 25.3 Å². The van der Waals surface area contributed by atoms with Crippen LogP contribution in [-0.2, 0) is 20.0 Å². The zero-order valence-electron chi connectivity index (χ0n) is 18.2. The van der Waals surface area contributed by atoms with Crippen LogP contribution in [-0.4, -0.2) is 112 Å². The number of sulfonamides is 2. The number of H-pyrrole nitrogens is 1. The number of aliphatic hydroxyl groups excluding tert-OH is 2. The van der Waals surface area contributed by atoms with Crippen LogP contribution in [0.2, 0.25) is 0 Å². The SMILES string of the molecule is CN(CCO)CCN(C)c1ccc(S(=O)(=O)NC[C@H](O)CN)c(S(N)(=O)=O)c1-c1nn[nH]n1. The van der Waals surface area contributed by atoms with Gasteiger partial charge in [-0.2, -0.15) is 5.21 Å². The molecule has 2 rings (SSSR count). The van der Waals surface area contributed by atoms with E-state index in [1.54, 1.807) is 19.0 Å². The molecule has 0 fully saturated rings. The summed E-state index contributed by atoms with van der Waals surface area (Å²) < 4.78 is 53.2. The Hall–Kier alpha value is -2.25. The first-order valence-electron chi connectivity index (χ1n) is 9.74. The van der Waals surface area contributed by atoms with Gasteiger partial charge in [-0.05, 0) is 24.4 Å². The molecule has 0 aliphatic heterocycles. The summed E-state index contributed by atoms with van der Waals surface area (Å²) in [4.78, 5) is 2.18. The lowest BCUT2D eigenvalue weighted by Crippen LogP contribution is -2.37. The molecule has 0 spiro atoms. The first-order valence-corrected chi connectivity index (χ1v) is 12.8. The van der Waals surface area contributed by atoms with Crippen LogP contribution < -0.4 is 20.5 Å². The number of aromatic nitrogens is 4. The number of aromatic amines is 1. The number of benzene rings is 1. The zero-order valence-corrected chi connectivity index (χ0v) is 19.8. The molecule has 1 atom stereocenters. The summed E-state index contributed by atoms with van der Waals surface area (Å²) in [5.74, 6) is -0.177. The number of anilines is 1. The fourth-order valence-corrected chi connectivity index (χ4v) is 5.61. The van der Waals surface area contributed by atoms with Gasteiger partial charge in [0.2, 0.25) is 25.9 Å². The lowest BCUT2D eigenvalue weighted by atomic mass is 10.1. The lowest BCUT2D eigenvalue weighted by Gasteiger charge is -2.26. The van der Waals surface area contributed by atoms with Gasteiger partial charge in [0.25, 0.3) is 0 Å². The van der Waals surface area contributed by atoms with Gasteiger partial charge in [0.15, 0.2) is 0 Å². The number of tetrazole rings is 1. The Labute approximate surface area is 191 Å². The molecule has 0 aliphatic carbocycles.